The van der Waals surface area contributed by atoms with Gasteiger partial charge in [0.1, 0.15) is 5.82 Å². The van der Waals surface area contributed by atoms with E-state index in [1.165, 1.54) is 12.1 Å². The lowest BCUT2D eigenvalue weighted by Crippen LogP contribution is -2.62. The standard InChI is InChI=1S/C13H16BrFN2O2/c1-2-13(19)7-17(8-13)6-12(18)16-11-4-3-9(14)5-10(11)15/h3-5,19H,2,6-8H2,1H3,(H,16,18). The van der Waals surface area contributed by atoms with Crippen molar-refractivity contribution in [2.24, 2.45) is 0 Å². The topological polar surface area (TPSA) is 52.6 Å². The Labute approximate surface area is 119 Å². The van der Waals surface area contributed by atoms with Gasteiger partial charge in [-0.1, -0.05) is 22.9 Å². The highest BCUT2D eigenvalue weighted by Crippen LogP contribution is 2.24. The van der Waals surface area contributed by atoms with E-state index < -0.39 is 11.4 Å². The van der Waals surface area contributed by atoms with Gasteiger partial charge in [0.15, 0.2) is 0 Å². The van der Waals surface area contributed by atoms with Crippen LogP contribution in [0.25, 0.3) is 0 Å². The molecular formula is C13H16BrFN2O2. The molecule has 6 heteroatoms. The van der Waals surface area contributed by atoms with Crippen LogP contribution in [-0.4, -0.2) is 41.1 Å². The molecule has 19 heavy (non-hydrogen) atoms. The van der Waals surface area contributed by atoms with E-state index in [0.717, 1.165) is 0 Å². The lowest BCUT2D eigenvalue weighted by atomic mass is 9.91. The first-order chi connectivity index (χ1) is 8.92. The van der Waals surface area contributed by atoms with Crippen molar-refractivity contribution in [1.29, 1.82) is 0 Å². The number of rotatable bonds is 4. The van der Waals surface area contributed by atoms with Crippen LogP contribution >= 0.6 is 15.9 Å². The Morgan fingerprint density at radius 1 is 1.58 bits per heavy atom. The molecule has 0 aliphatic carbocycles. The second kappa shape index (κ2) is 5.56. The van der Waals surface area contributed by atoms with Crippen LogP contribution in [0.15, 0.2) is 22.7 Å². The highest BCUT2D eigenvalue weighted by Gasteiger charge is 2.39. The Balaban J connectivity index is 1.85. The zero-order chi connectivity index (χ0) is 14.0. The van der Waals surface area contributed by atoms with E-state index >= 15 is 0 Å². The van der Waals surface area contributed by atoms with E-state index in [9.17, 15) is 14.3 Å². The molecule has 2 rings (SSSR count). The van der Waals surface area contributed by atoms with Gasteiger partial charge in [-0.15, -0.1) is 0 Å². The molecule has 0 unspecified atom stereocenters. The Kier molecular flexibility index (Phi) is 4.23. The van der Waals surface area contributed by atoms with Crippen molar-refractivity contribution < 1.29 is 14.3 Å². The first kappa shape index (κ1) is 14.4. The molecule has 0 saturated carbocycles. The van der Waals surface area contributed by atoms with Gasteiger partial charge in [0.2, 0.25) is 5.91 Å². The first-order valence-electron chi connectivity index (χ1n) is 6.11. The van der Waals surface area contributed by atoms with Gasteiger partial charge < -0.3 is 10.4 Å². The predicted molar refractivity (Wildman–Crippen MR) is 74.4 cm³/mol. The Hall–Kier alpha value is -0.980. The molecule has 0 aromatic heterocycles. The van der Waals surface area contributed by atoms with Gasteiger partial charge in [0, 0.05) is 17.6 Å². The molecule has 4 nitrogen and oxygen atoms in total. The maximum atomic E-state index is 13.5. The summed E-state index contributed by atoms with van der Waals surface area (Å²) in [4.78, 5) is 13.6. The molecule has 1 fully saturated rings. The number of anilines is 1. The smallest absolute Gasteiger partial charge is 0.238 e. The van der Waals surface area contributed by atoms with Gasteiger partial charge in [0.05, 0.1) is 17.8 Å². The van der Waals surface area contributed by atoms with Crippen LogP contribution in [0.5, 0.6) is 0 Å². The normalized spacial score (nSPS) is 17.9. The number of amides is 1. The summed E-state index contributed by atoms with van der Waals surface area (Å²) in [5, 5.41) is 12.4. The highest BCUT2D eigenvalue weighted by atomic mass is 79.9. The van der Waals surface area contributed by atoms with Gasteiger partial charge in [-0.05, 0) is 24.6 Å². The van der Waals surface area contributed by atoms with E-state index in [1.54, 1.807) is 6.07 Å². The van der Waals surface area contributed by atoms with Gasteiger partial charge in [-0.3, -0.25) is 9.69 Å². The molecule has 1 heterocycles. The maximum Gasteiger partial charge on any atom is 0.238 e. The monoisotopic (exact) mass is 330 g/mol. The summed E-state index contributed by atoms with van der Waals surface area (Å²) >= 11 is 3.15. The molecular weight excluding hydrogens is 315 g/mol. The molecule has 1 aliphatic rings. The van der Waals surface area contributed by atoms with Crippen molar-refractivity contribution in [3.63, 3.8) is 0 Å². The average Bonchev–Trinajstić information content (AvgIpc) is 2.30. The van der Waals surface area contributed by atoms with Crippen molar-refractivity contribution >= 4 is 27.5 Å². The lowest BCUT2D eigenvalue weighted by Gasteiger charge is -2.45. The van der Waals surface area contributed by atoms with E-state index in [1.807, 2.05) is 11.8 Å². The van der Waals surface area contributed by atoms with Crippen LogP contribution in [-0.2, 0) is 4.79 Å². The predicted octanol–water partition coefficient (Wildman–Crippen LogP) is 1.98. The van der Waals surface area contributed by atoms with Gasteiger partial charge in [-0.25, -0.2) is 4.39 Å². The number of nitrogens with zero attached hydrogens (tertiary/aromatic N) is 1. The zero-order valence-corrected chi connectivity index (χ0v) is 12.2. The summed E-state index contributed by atoms with van der Waals surface area (Å²) in [5.74, 6) is -0.754. The molecule has 0 atom stereocenters. The largest absolute Gasteiger partial charge is 0.387 e. The van der Waals surface area contributed by atoms with Crippen LogP contribution in [0.4, 0.5) is 10.1 Å². The van der Waals surface area contributed by atoms with Crippen molar-refractivity contribution in [3.05, 3.63) is 28.5 Å². The van der Waals surface area contributed by atoms with Crippen molar-refractivity contribution in [3.8, 4) is 0 Å². The molecule has 1 aliphatic heterocycles. The number of β-amino-alcohol motifs (C(OH)–C–C–N with tert-alkyl or cyclic N) is 1. The van der Waals surface area contributed by atoms with Crippen LogP contribution < -0.4 is 5.32 Å². The molecule has 1 aromatic carbocycles. The highest BCUT2D eigenvalue weighted by molar-refractivity contribution is 9.10. The van der Waals surface area contributed by atoms with Crippen molar-refractivity contribution in [2.75, 3.05) is 25.0 Å². The van der Waals surface area contributed by atoms with Crippen LogP contribution in [0, 0.1) is 5.82 Å². The number of benzene rings is 1. The minimum Gasteiger partial charge on any atom is -0.387 e. The number of nitrogens with one attached hydrogen (secondary N) is 1. The molecule has 1 aromatic rings. The number of hydrogen-bond acceptors (Lipinski definition) is 3. The fourth-order valence-electron chi connectivity index (χ4n) is 2.11. The molecule has 1 saturated heterocycles. The maximum absolute atomic E-state index is 13.5. The average molecular weight is 331 g/mol. The fraction of sp³-hybridized carbons (Fsp3) is 0.462. The fourth-order valence-corrected chi connectivity index (χ4v) is 2.44. The summed E-state index contributed by atoms with van der Waals surface area (Å²) in [6, 6.07) is 4.48. The van der Waals surface area contributed by atoms with E-state index in [4.69, 9.17) is 0 Å². The van der Waals surface area contributed by atoms with E-state index in [0.29, 0.717) is 24.0 Å². The molecule has 0 spiro atoms. The molecule has 0 radical (unpaired) electrons. The number of carbonyl (C=O) groups is 1. The Morgan fingerprint density at radius 2 is 2.26 bits per heavy atom. The number of hydrogen-bond donors (Lipinski definition) is 2. The third kappa shape index (κ3) is 3.52. The molecule has 104 valence electrons. The summed E-state index contributed by atoms with van der Waals surface area (Å²) in [6.07, 6.45) is 0.673. The number of halogens is 2. The van der Waals surface area contributed by atoms with Crippen molar-refractivity contribution in [2.45, 2.75) is 18.9 Å². The SMILES string of the molecule is CCC1(O)CN(CC(=O)Nc2ccc(Br)cc2F)C1. The summed E-state index contributed by atoms with van der Waals surface area (Å²) < 4.78 is 14.1. The number of carbonyl (C=O) groups excluding carboxylic acids is 1. The van der Waals surface area contributed by atoms with Crippen LogP contribution in [0.3, 0.4) is 0 Å². The van der Waals surface area contributed by atoms with Crippen LogP contribution in [0.2, 0.25) is 0 Å². The summed E-state index contributed by atoms with van der Waals surface area (Å²) in [5.41, 5.74) is -0.497. The second-order valence-electron chi connectivity index (χ2n) is 4.90. The number of aliphatic hydroxyl groups is 1. The Bertz CT molecular complexity index is 490. The zero-order valence-electron chi connectivity index (χ0n) is 10.6. The molecule has 0 bridgehead atoms. The first-order valence-corrected chi connectivity index (χ1v) is 6.91. The summed E-state index contributed by atoms with van der Waals surface area (Å²) in [6.45, 7) is 3.05. The molecule has 1 amide bonds. The van der Waals surface area contributed by atoms with Crippen LogP contribution in [0.1, 0.15) is 13.3 Å². The second-order valence-corrected chi connectivity index (χ2v) is 5.81. The minimum absolute atomic E-state index is 0.164. The van der Waals surface area contributed by atoms with E-state index in [2.05, 4.69) is 21.2 Å². The number of likely N-dealkylation sites (tertiary alicyclic amines) is 1. The minimum atomic E-state index is -0.664. The quantitative estimate of drug-likeness (QED) is 0.887. The van der Waals surface area contributed by atoms with Crippen molar-refractivity contribution in [1.82, 2.24) is 4.90 Å². The summed E-state index contributed by atoms with van der Waals surface area (Å²) in [7, 11) is 0. The third-order valence-corrected chi connectivity index (χ3v) is 3.76. The van der Waals surface area contributed by atoms with E-state index in [-0.39, 0.29) is 18.1 Å². The lowest BCUT2D eigenvalue weighted by molar-refractivity contribution is -0.128. The van der Waals surface area contributed by atoms with Gasteiger partial charge >= 0.3 is 0 Å². The molecule has 2 N–H and O–H groups in total. The Morgan fingerprint density at radius 3 is 2.84 bits per heavy atom. The van der Waals surface area contributed by atoms with Gasteiger partial charge in [0.25, 0.3) is 0 Å². The van der Waals surface area contributed by atoms with Gasteiger partial charge in [-0.2, -0.15) is 0 Å². The third-order valence-electron chi connectivity index (χ3n) is 3.27.